The van der Waals surface area contributed by atoms with Crippen LogP contribution in [-0.4, -0.2) is 19.1 Å². The summed E-state index contributed by atoms with van der Waals surface area (Å²) in [5.41, 5.74) is 2.54. The van der Waals surface area contributed by atoms with E-state index in [2.05, 4.69) is 5.43 Å². The Kier molecular flexibility index (Phi) is 5.43. The summed E-state index contributed by atoms with van der Waals surface area (Å²) in [6.45, 7) is 0.778. The number of benzene rings is 2. The van der Waals surface area contributed by atoms with Gasteiger partial charge in [-0.3, -0.25) is 10.2 Å². The molecule has 0 radical (unpaired) electrons. The van der Waals surface area contributed by atoms with Crippen LogP contribution in [0.15, 0.2) is 48.5 Å². The van der Waals surface area contributed by atoms with Gasteiger partial charge in [-0.1, -0.05) is 17.7 Å². The van der Waals surface area contributed by atoms with Crippen molar-refractivity contribution < 1.29 is 14.3 Å². The molecule has 0 aliphatic carbocycles. The molecule has 2 aromatic rings. The Morgan fingerprint density at radius 2 is 1.71 bits per heavy atom. The highest BCUT2D eigenvalue weighted by Crippen LogP contribution is 2.17. The molecule has 0 saturated carbocycles. The molecule has 0 fully saturated rings. The number of nitrogen functional groups attached to an aromatic ring is 1. The third kappa shape index (κ3) is 4.66. The summed E-state index contributed by atoms with van der Waals surface area (Å²) in [5, 5.41) is 0.627. The third-order valence-corrected chi connectivity index (χ3v) is 2.90. The fraction of sp³-hybridized carbons (Fsp3) is 0.133. The van der Waals surface area contributed by atoms with E-state index in [4.69, 9.17) is 26.9 Å². The fourth-order valence-corrected chi connectivity index (χ4v) is 1.84. The summed E-state index contributed by atoms with van der Waals surface area (Å²) in [5.74, 6) is 6.05. The summed E-state index contributed by atoms with van der Waals surface area (Å²) >= 11 is 5.85. The Bertz CT molecular complexity index is 602. The van der Waals surface area contributed by atoms with Crippen LogP contribution in [0.3, 0.4) is 0 Å². The largest absolute Gasteiger partial charge is 0.490 e. The number of nitrogens with one attached hydrogen (secondary N) is 1. The lowest BCUT2D eigenvalue weighted by Gasteiger charge is -2.09. The first-order chi connectivity index (χ1) is 10.2. The van der Waals surface area contributed by atoms with Gasteiger partial charge in [0.05, 0.1) is 0 Å². The molecule has 0 bridgehead atoms. The van der Waals surface area contributed by atoms with Gasteiger partial charge >= 0.3 is 0 Å². The zero-order valence-electron chi connectivity index (χ0n) is 11.2. The van der Waals surface area contributed by atoms with E-state index in [1.807, 2.05) is 12.1 Å². The monoisotopic (exact) mass is 306 g/mol. The molecule has 0 spiro atoms. The maximum absolute atomic E-state index is 11.3. The highest BCUT2D eigenvalue weighted by atomic mass is 35.5. The number of amides is 1. The van der Waals surface area contributed by atoms with Crippen molar-refractivity contribution in [2.45, 2.75) is 0 Å². The molecule has 0 heterocycles. The van der Waals surface area contributed by atoms with Gasteiger partial charge in [0.15, 0.2) is 0 Å². The number of rotatable bonds is 6. The SMILES string of the molecule is NNC(=O)c1ccc(OCCOc2cccc(Cl)c2)cc1. The molecule has 2 rings (SSSR count). The zero-order chi connectivity index (χ0) is 15.1. The quantitative estimate of drug-likeness (QED) is 0.372. The van der Waals surface area contributed by atoms with Gasteiger partial charge in [-0.05, 0) is 42.5 Å². The summed E-state index contributed by atoms with van der Waals surface area (Å²) in [7, 11) is 0. The molecule has 0 aliphatic heterocycles. The molecular formula is C15H15ClN2O3. The summed E-state index contributed by atoms with van der Waals surface area (Å²) in [6, 6.07) is 13.8. The topological polar surface area (TPSA) is 73.6 Å². The van der Waals surface area contributed by atoms with E-state index in [1.165, 1.54) is 0 Å². The number of ether oxygens (including phenoxy) is 2. The minimum Gasteiger partial charge on any atom is -0.490 e. The Morgan fingerprint density at radius 3 is 2.33 bits per heavy atom. The first kappa shape index (κ1) is 15.2. The summed E-state index contributed by atoms with van der Waals surface area (Å²) in [4.78, 5) is 11.3. The van der Waals surface area contributed by atoms with E-state index in [0.717, 1.165) is 0 Å². The van der Waals surface area contributed by atoms with Crippen LogP contribution in [0.5, 0.6) is 11.5 Å². The lowest BCUT2D eigenvalue weighted by Crippen LogP contribution is -2.29. The van der Waals surface area contributed by atoms with Gasteiger partial charge in [0.2, 0.25) is 0 Å². The Balaban J connectivity index is 1.77. The van der Waals surface area contributed by atoms with Crippen molar-refractivity contribution in [2.24, 2.45) is 5.84 Å². The van der Waals surface area contributed by atoms with Gasteiger partial charge in [-0.2, -0.15) is 0 Å². The second-order valence-corrected chi connectivity index (χ2v) is 4.59. The Hall–Kier alpha value is -2.24. The van der Waals surface area contributed by atoms with Gasteiger partial charge in [0, 0.05) is 10.6 Å². The molecule has 0 saturated heterocycles. The number of carbonyl (C=O) groups excluding carboxylic acids is 1. The van der Waals surface area contributed by atoms with Crippen molar-refractivity contribution >= 4 is 17.5 Å². The minimum absolute atomic E-state index is 0.342. The van der Waals surface area contributed by atoms with Crippen LogP contribution in [0.1, 0.15) is 10.4 Å². The molecule has 0 aliphatic rings. The molecule has 1 amide bonds. The van der Waals surface area contributed by atoms with E-state index < -0.39 is 0 Å². The smallest absolute Gasteiger partial charge is 0.265 e. The molecule has 0 aromatic heterocycles. The van der Waals surface area contributed by atoms with Gasteiger partial charge in [-0.25, -0.2) is 5.84 Å². The average molecular weight is 307 g/mol. The number of hydrogen-bond donors (Lipinski definition) is 2. The van der Waals surface area contributed by atoms with Crippen molar-refractivity contribution in [3.8, 4) is 11.5 Å². The molecule has 21 heavy (non-hydrogen) atoms. The van der Waals surface area contributed by atoms with Crippen molar-refractivity contribution in [3.63, 3.8) is 0 Å². The second kappa shape index (κ2) is 7.52. The summed E-state index contributed by atoms with van der Waals surface area (Å²) in [6.07, 6.45) is 0. The Morgan fingerprint density at radius 1 is 1.05 bits per heavy atom. The van der Waals surface area contributed by atoms with E-state index in [1.54, 1.807) is 36.4 Å². The molecule has 2 aromatic carbocycles. The molecule has 6 heteroatoms. The predicted molar refractivity (Wildman–Crippen MR) is 80.5 cm³/mol. The van der Waals surface area contributed by atoms with Crippen LogP contribution in [0.2, 0.25) is 5.02 Å². The highest BCUT2D eigenvalue weighted by Gasteiger charge is 2.03. The van der Waals surface area contributed by atoms with E-state index >= 15 is 0 Å². The molecule has 0 atom stereocenters. The van der Waals surface area contributed by atoms with Crippen molar-refractivity contribution in [1.29, 1.82) is 0 Å². The molecule has 3 N–H and O–H groups in total. The van der Waals surface area contributed by atoms with E-state index in [-0.39, 0.29) is 5.91 Å². The maximum atomic E-state index is 11.3. The number of hydrogen-bond acceptors (Lipinski definition) is 4. The van der Waals surface area contributed by atoms with Gasteiger partial charge in [0.1, 0.15) is 24.7 Å². The van der Waals surface area contributed by atoms with Crippen LogP contribution in [-0.2, 0) is 0 Å². The fourth-order valence-electron chi connectivity index (χ4n) is 1.66. The van der Waals surface area contributed by atoms with Gasteiger partial charge < -0.3 is 9.47 Å². The summed E-state index contributed by atoms with van der Waals surface area (Å²) < 4.78 is 11.0. The van der Waals surface area contributed by atoms with Crippen LogP contribution in [0, 0.1) is 0 Å². The normalized spacial score (nSPS) is 10.0. The molecule has 110 valence electrons. The van der Waals surface area contributed by atoms with Crippen molar-refractivity contribution in [2.75, 3.05) is 13.2 Å². The number of hydrazine groups is 1. The highest BCUT2D eigenvalue weighted by molar-refractivity contribution is 6.30. The van der Waals surface area contributed by atoms with E-state index in [0.29, 0.717) is 35.3 Å². The van der Waals surface area contributed by atoms with Crippen molar-refractivity contribution in [3.05, 3.63) is 59.1 Å². The van der Waals surface area contributed by atoms with Crippen LogP contribution < -0.4 is 20.7 Å². The van der Waals surface area contributed by atoms with Crippen molar-refractivity contribution in [1.82, 2.24) is 5.43 Å². The number of nitrogens with two attached hydrogens (primary N) is 1. The minimum atomic E-state index is -0.342. The zero-order valence-corrected chi connectivity index (χ0v) is 12.0. The standard InChI is InChI=1S/C15H15ClN2O3/c16-12-2-1-3-14(10-12)21-9-8-20-13-6-4-11(5-7-13)15(19)18-17/h1-7,10H,8-9,17H2,(H,18,19). The molecule has 5 nitrogen and oxygen atoms in total. The average Bonchev–Trinajstić information content (AvgIpc) is 2.51. The van der Waals surface area contributed by atoms with Crippen LogP contribution >= 0.6 is 11.6 Å². The predicted octanol–water partition coefficient (Wildman–Crippen LogP) is 2.40. The van der Waals surface area contributed by atoms with Gasteiger partial charge in [-0.15, -0.1) is 0 Å². The number of carbonyl (C=O) groups is 1. The van der Waals surface area contributed by atoms with Crippen LogP contribution in [0.25, 0.3) is 0 Å². The number of halogens is 1. The first-order valence-corrected chi connectivity index (χ1v) is 6.69. The lowest BCUT2D eigenvalue weighted by atomic mass is 10.2. The maximum Gasteiger partial charge on any atom is 0.265 e. The molecular weight excluding hydrogens is 292 g/mol. The first-order valence-electron chi connectivity index (χ1n) is 6.31. The van der Waals surface area contributed by atoms with Gasteiger partial charge in [0.25, 0.3) is 5.91 Å². The third-order valence-electron chi connectivity index (χ3n) is 2.66. The Labute approximate surface area is 127 Å². The lowest BCUT2D eigenvalue weighted by molar-refractivity contribution is 0.0953. The second-order valence-electron chi connectivity index (χ2n) is 4.15. The van der Waals surface area contributed by atoms with Crippen LogP contribution in [0.4, 0.5) is 0 Å². The molecule has 0 unspecified atom stereocenters. The van der Waals surface area contributed by atoms with E-state index in [9.17, 15) is 4.79 Å².